The molecule has 0 atom stereocenters. The number of carbonyl (C=O) groups is 3. The summed E-state index contributed by atoms with van der Waals surface area (Å²) in [6, 6.07) is 0. The summed E-state index contributed by atoms with van der Waals surface area (Å²) in [6.45, 7) is 9.40. The molecule has 0 spiro atoms. The number of aromatic nitrogens is 2. The number of halogens is 3. The largest absolute Gasteiger partial charge is 0.490 e. The Bertz CT molecular complexity index is 718. The highest BCUT2D eigenvalue weighted by Gasteiger charge is 2.38. The Labute approximate surface area is 180 Å². The molecule has 8 nitrogen and oxygen atoms in total. The standard InChI is InChI=1S/C15H25N3O3S2.C2HF3O2/c1-5-18-10-11(13(17-18)15(2,3)4)14(21)16-7-9-23-22-8-6-12(19)20;3-2(4,5)1(6)7/h10H,5-9H2,1-4H3,(H,16,21)(H,19,20);(H,6,7). The van der Waals surface area contributed by atoms with Crippen LogP contribution >= 0.6 is 21.6 Å². The molecule has 0 saturated carbocycles. The predicted octanol–water partition coefficient (Wildman–Crippen LogP) is 3.42. The lowest BCUT2D eigenvalue weighted by atomic mass is 9.89. The Morgan fingerprint density at radius 1 is 1.13 bits per heavy atom. The summed E-state index contributed by atoms with van der Waals surface area (Å²) in [7, 11) is 3.08. The van der Waals surface area contributed by atoms with Crippen LogP contribution in [0.15, 0.2) is 6.20 Å². The van der Waals surface area contributed by atoms with Crippen molar-refractivity contribution in [1.29, 1.82) is 0 Å². The summed E-state index contributed by atoms with van der Waals surface area (Å²) < 4.78 is 33.5. The number of amides is 1. The van der Waals surface area contributed by atoms with E-state index < -0.39 is 18.1 Å². The molecule has 0 aliphatic heterocycles. The van der Waals surface area contributed by atoms with Gasteiger partial charge in [-0.05, 0) is 6.92 Å². The van der Waals surface area contributed by atoms with E-state index in [1.54, 1.807) is 21.7 Å². The maximum Gasteiger partial charge on any atom is 0.490 e. The molecule has 0 aliphatic carbocycles. The maximum atomic E-state index is 12.4. The fourth-order valence-corrected chi connectivity index (χ4v) is 3.74. The summed E-state index contributed by atoms with van der Waals surface area (Å²) in [5.74, 6) is -2.33. The van der Waals surface area contributed by atoms with Crippen molar-refractivity contribution in [2.24, 2.45) is 0 Å². The summed E-state index contributed by atoms with van der Waals surface area (Å²) in [6.07, 6.45) is -3.13. The highest BCUT2D eigenvalue weighted by molar-refractivity contribution is 8.76. The first kappa shape index (κ1) is 28.1. The molecule has 30 heavy (non-hydrogen) atoms. The van der Waals surface area contributed by atoms with E-state index in [9.17, 15) is 22.8 Å². The number of nitrogens with zero attached hydrogens (tertiary/aromatic N) is 2. The molecule has 172 valence electrons. The molecule has 0 fully saturated rings. The molecule has 3 N–H and O–H groups in total. The first-order chi connectivity index (χ1) is 13.7. The second kappa shape index (κ2) is 12.7. The van der Waals surface area contributed by atoms with Crippen LogP contribution < -0.4 is 5.32 Å². The first-order valence-corrected chi connectivity index (χ1v) is 11.3. The summed E-state index contributed by atoms with van der Waals surface area (Å²) in [5, 5.41) is 23.1. The van der Waals surface area contributed by atoms with E-state index in [0.29, 0.717) is 17.9 Å². The van der Waals surface area contributed by atoms with Crippen LogP contribution in [0.1, 0.15) is 50.2 Å². The van der Waals surface area contributed by atoms with E-state index in [4.69, 9.17) is 15.0 Å². The van der Waals surface area contributed by atoms with Crippen LogP contribution in [0.3, 0.4) is 0 Å². The van der Waals surface area contributed by atoms with E-state index in [2.05, 4.69) is 10.4 Å². The minimum atomic E-state index is -5.08. The predicted molar refractivity (Wildman–Crippen MR) is 110 cm³/mol. The van der Waals surface area contributed by atoms with Gasteiger partial charge in [0.1, 0.15) is 0 Å². The maximum absolute atomic E-state index is 12.4. The number of hydrogen-bond acceptors (Lipinski definition) is 6. The van der Waals surface area contributed by atoms with Gasteiger partial charge >= 0.3 is 18.1 Å². The Hall–Kier alpha value is -1.89. The molecule has 1 heterocycles. The summed E-state index contributed by atoms with van der Waals surface area (Å²) in [5.41, 5.74) is 1.25. The molecular formula is C17H26F3N3O5S2. The lowest BCUT2D eigenvalue weighted by Gasteiger charge is -2.17. The van der Waals surface area contributed by atoms with Crippen LogP contribution in [-0.4, -0.2) is 62.1 Å². The Kier molecular flexibility index (Phi) is 11.9. The number of carboxylic acid groups (broad SMARTS) is 2. The van der Waals surface area contributed by atoms with Gasteiger partial charge in [-0.2, -0.15) is 18.3 Å². The van der Waals surface area contributed by atoms with Gasteiger partial charge in [0.05, 0.1) is 17.7 Å². The molecule has 1 rings (SSSR count). The Morgan fingerprint density at radius 3 is 2.10 bits per heavy atom. The zero-order valence-corrected chi connectivity index (χ0v) is 18.7. The molecule has 0 bridgehead atoms. The van der Waals surface area contributed by atoms with Gasteiger partial charge in [-0.25, -0.2) is 4.79 Å². The third kappa shape index (κ3) is 11.3. The van der Waals surface area contributed by atoms with Crippen LogP contribution in [0.4, 0.5) is 13.2 Å². The van der Waals surface area contributed by atoms with Gasteiger partial charge in [0.2, 0.25) is 0 Å². The van der Waals surface area contributed by atoms with Crippen LogP contribution in [0, 0.1) is 0 Å². The van der Waals surface area contributed by atoms with Gasteiger partial charge in [0.25, 0.3) is 5.91 Å². The van der Waals surface area contributed by atoms with Crippen LogP contribution in [-0.2, 0) is 21.5 Å². The fraction of sp³-hybridized carbons (Fsp3) is 0.647. The smallest absolute Gasteiger partial charge is 0.481 e. The number of aryl methyl sites for hydroxylation is 1. The lowest BCUT2D eigenvalue weighted by molar-refractivity contribution is -0.192. The second-order valence-corrected chi connectivity index (χ2v) is 9.55. The monoisotopic (exact) mass is 473 g/mol. The SMILES string of the molecule is CCn1cc(C(=O)NCCSSCCC(=O)O)c(C(C)(C)C)n1.O=C(O)C(F)(F)F. The van der Waals surface area contributed by atoms with Crippen molar-refractivity contribution in [1.82, 2.24) is 15.1 Å². The second-order valence-electron chi connectivity index (χ2n) is 6.84. The molecule has 1 amide bonds. The Balaban J connectivity index is 0.00000103. The zero-order valence-electron chi connectivity index (χ0n) is 17.1. The number of carbonyl (C=O) groups excluding carboxylic acids is 1. The molecule has 1 aromatic rings. The van der Waals surface area contributed by atoms with E-state index in [0.717, 1.165) is 18.0 Å². The average molecular weight is 474 g/mol. The number of hydrogen-bond donors (Lipinski definition) is 3. The fourth-order valence-electron chi connectivity index (χ4n) is 1.85. The molecular weight excluding hydrogens is 447 g/mol. The molecule has 0 aliphatic rings. The first-order valence-electron chi connectivity index (χ1n) is 8.82. The minimum absolute atomic E-state index is 0.106. The topological polar surface area (TPSA) is 122 Å². The number of rotatable bonds is 9. The highest BCUT2D eigenvalue weighted by atomic mass is 33.1. The highest BCUT2D eigenvalue weighted by Crippen LogP contribution is 2.24. The van der Waals surface area contributed by atoms with Gasteiger partial charge in [0.15, 0.2) is 0 Å². The van der Waals surface area contributed by atoms with Crippen molar-refractivity contribution in [3.8, 4) is 0 Å². The van der Waals surface area contributed by atoms with E-state index >= 15 is 0 Å². The molecule has 1 aromatic heterocycles. The van der Waals surface area contributed by atoms with E-state index in [1.807, 2.05) is 27.7 Å². The molecule has 0 saturated heterocycles. The van der Waals surface area contributed by atoms with E-state index in [1.165, 1.54) is 10.8 Å². The van der Waals surface area contributed by atoms with Gasteiger partial charge in [0, 0.05) is 36.2 Å². The molecule has 0 radical (unpaired) electrons. The molecule has 0 aromatic carbocycles. The quantitative estimate of drug-likeness (QED) is 0.368. The normalized spacial score (nSPS) is 11.4. The van der Waals surface area contributed by atoms with Crippen LogP contribution in [0.25, 0.3) is 0 Å². The minimum Gasteiger partial charge on any atom is -0.481 e. The Morgan fingerprint density at radius 2 is 1.67 bits per heavy atom. The van der Waals surface area contributed by atoms with Crippen molar-refractivity contribution in [2.75, 3.05) is 18.1 Å². The number of aliphatic carboxylic acids is 2. The van der Waals surface area contributed by atoms with Crippen molar-refractivity contribution in [2.45, 2.75) is 52.3 Å². The number of nitrogens with one attached hydrogen (secondary N) is 1. The summed E-state index contributed by atoms with van der Waals surface area (Å²) in [4.78, 5) is 31.6. The van der Waals surface area contributed by atoms with Crippen molar-refractivity contribution < 1.29 is 37.8 Å². The van der Waals surface area contributed by atoms with Crippen molar-refractivity contribution in [3.63, 3.8) is 0 Å². The van der Waals surface area contributed by atoms with Crippen LogP contribution in [0.5, 0.6) is 0 Å². The lowest BCUT2D eigenvalue weighted by Crippen LogP contribution is -2.28. The molecule has 0 unspecified atom stereocenters. The third-order valence-corrected chi connectivity index (χ3v) is 5.65. The van der Waals surface area contributed by atoms with Gasteiger partial charge in [-0.15, -0.1) is 0 Å². The average Bonchev–Trinajstić information content (AvgIpc) is 3.05. The van der Waals surface area contributed by atoms with Crippen molar-refractivity contribution in [3.05, 3.63) is 17.5 Å². The number of carboxylic acids is 2. The third-order valence-electron chi connectivity index (χ3n) is 3.24. The van der Waals surface area contributed by atoms with Crippen molar-refractivity contribution >= 4 is 39.4 Å². The van der Waals surface area contributed by atoms with Crippen LogP contribution in [0.2, 0.25) is 0 Å². The zero-order chi connectivity index (χ0) is 23.5. The van der Waals surface area contributed by atoms with Gasteiger partial charge in [-0.3, -0.25) is 14.3 Å². The molecule has 13 heteroatoms. The van der Waals surface area contributed by atoms with Gasteiger partial charge in [-0.1, -0.05) is 42.4 Å². The van der Waals surface area contributed by atoms with E-state index in [-0.39, 0.29) is 17.7 Å². The summed E-state index contributed by atoms with van der Waals surface area (Å²) >= 11 is 0. The van der Waals surface area contributed by atoms with Gasteiger partial charge < -0.3 is 15.5 Å². The number of alkyl halides is 3.